The summed E-state index contributed by atoms with van der Waals surface area (Å²) >= 11 is 0. The van der Waals surface area contributed by atoms with Crippen LogP contribution >= 0.6 is 0 Å². The average Bonchev–Trinajstić information content (AvgIpc) is 2.91. The number of nitrogens with zero attached hydrogens (tertiary/aromatic N) is 3. The standard InChI is InChI=1S/C20H24N4O2/c25-20(15-5-3-11-24(14-15)19-13-21-9-10-22-19)23-17-7-4-12-26-18-8-2-1-6-16(17)18/h1-2,6,8-10,13,15,17H,3-5,7,11-12,14H2,(H,23,25)/t15-,17-/m1/s1. The number of anilines is 1. The first kappa shape index (κ1) is 16.8. The monoisotopic (exact) mass is 352 g/mol. The van der Waals surface area contributed by atoms with Crippen molar-refractivity contribution in [2.24, 2.45) is 5.92 Å². The summed E-state index contributed by atoms with van der Waals surface area (Å²) in [6.07, 6.45) is 8.87. The Kier molecular flexibility index (Phi) is 5.00. The molecule has 0 unspecified atom stereocenters. The van der Waals surface area contributed by atoms with Crippen molar-refractivity contribution in [2.75, 3.05) is 24.6 Å². The minimum Gasteiger partial charge on any atom is -0.493 e. The van der Waals surface area contributed by atoms with E-state index in [9.17, 15) is 4.79 Å². The van der Waals surface area contributed by atoms with Crippen molar-refractivity contribution in [1.82, 2.24) is 15.3 Å². The van der Waals surface area contributed by atoms with Gasteiger partial charge in [-0.05, 0) is 31.7 Å². The highest BCUT2D eigenvalue weighted by atomic mass is 16.5. The van der Waals surface area contributed by atoms with E-state index in [0.717, 1.165) is 49.4 Å². The summed E-state index contributed by atoms with van der Waals surface area (Å²) in [4.78, 5) is 23.6. The van der Waals surface area contributed by atoms with Crippen molar-refractivity contribution in [3.63, 3.8) is 0 Å². The van der Waals surface area contributed by atoms with Gasteiger partial charge < -0.3 is 15.0 Å². The first-order chi connectivity index (χ1) is 12.8. The number of piperidine rings is 1. The second kappa shape index (κ2) is 7.72. The summed E-state index contributed by atoms with van der Waals surface area (Å²) in [6.45, 7) is 2.31. The molecule has 0 saturated carbocycles. The molecule has 4 rings (SSSR count). The third-order valence-electron chi connectivity index (χ3n) is 5.17. The number of carbonyl (C=O) groups excluding carboxylic acids is 1. The van der Waals surface area contributed by atoms with Gasteiger partial charge in [0, 0.05) is 31.0 Å². The van der Waals surface area contributed by atoms with Crippen LogP contribution in [-0.2, 0) is 4.79 Å². The molecule has 3 heterocycles. The van der Waals surface area contributed by atoms with Gasteiger partial charge in [0.15, 0.2) is 0 Å². The van der Waals surface area contributed by atoms with Crippen LogP contribution in [0.4, 0.5) is 5.82 Å². The lowest BCUT2D eigenvalue weighted by molar-refractivity contribution is -0.126. The third kappa shape index (κ3) is 3.64. The number of amides is 1. The molecule has 26 heavy (non-hydrogen) atoms. The molecule has 136 valence electrons. The second-order valence-corrected chi connectivity index (χ2v) is 6.94. The van der Waals surface area contributed by atoms with Crippen molar-refractivity contribution in [1.29, 1.82) is 0 Å². The van der Waals surface area contributed by atoms with Crippen molar-refractivity contribution in [2.45, 2.75) is 31.7 Å². The summed E-state index contributed by atoms with van der Waals surface area (Å²) in [5.41, 5.74) is 1.08. The highest BCUT2D eigenvalue weighted by molar-refractivity contribution is 5.80. The van der Waals surface area contributed by atoms with E-state index in [0.29, 0.717) is 13.2 Å². The molecule has 2 aliphatic heterocycles. The molecule has 0 radical (unpaired) electrons. The zero-order chi connectivity index (χ0) is 17.8. The van der Waals surface area contributed by atoms with Crippen LogP contribution < -0.4 is 15.0 Å². The molecule has 6 nitrogen and oxygen atoms in total. The molecule has 1 fully saturated rings. The predicted octanol–water partition coefficient (Wildman–Crippen LogP) is 2.72. The van der Waals surface area contributed by atoms with Gasteiger partial charge in [0.25, 0.3) is 0 Å². The second-order valence-electron chi connectivity index (χ2n) is 6.94. The maximum absolute atomic E-state index is 13.0. The lowest BCUT2D eigenvalue weighted by Crippen LogP contribution is -2.44. The van der Waals surface area contributed by atoms with Crippen LogP contribution in [0.2, 0.25) is 0 Å². The zero-order valence-corrected chi connectivity index (χ0v) is 14.8. The zero-order valence-electron chi connectivity index (χ0n) is 14.8. The van der Waals surface area contributed by atoms with Crippen LogP contribution in [0.3, 0.4) is 0 Å². The summed E-state index contributed by atoms with van der Waals surface area (Å²) in [5, 5.41) is 3.28. The van der Waals surface area contributed by atoms with Crippen LogP contribution in [0.15, 0.2) is 42.9 Å². The highest BCUT2D eigenvalue weighted by Crippen LogP contribution is 2.32. The normalized spacial score (nSPS) is 22.7. The van der Waals surface area contributed by atoms with Crippen LogP contribution in [0.25, 0.3) is 0 Å². The molecule has 1 aromatic carbocycles. The number of aromatic nitrogens is 2. The van der Waals surface area contributed by atoms with Gasteiger partial charge in [-0.15, -0.1) is 0 Å². The van der Waals surface area contributed by atoms with E-state index in [4.69, 9.17) is 4.74 Å². The first-order valence-corrected chi connectivity index (χ1v) is 9.34. The van der Waals surface area contributed by atoms with E-state index in [1.165, 1.54) is 0 Å². The highest BCUT2D eigenvalue weighted by Gasteiger charge is 2.29. The quantitative estimate of drug-likeness (QED) is 0.920. The maximum Gasteiger partial charge on any atom is 0.225 e. The summed E-state index contributed by atoms with van der Waals surface area (Å²) in [5.74, 6) is 1.83. The Morgan fingerprint density at radius 2 is 2.12 bits per heavy atom. The molecule has 1 N–H and O–H groups in total. The predicted molar refractivity (Wildman–Crippen MR) is 99.0 cm³/mol. The van der Waals surface area contributed by atoms with Gasteiger partial charge in [-0.3, -0.25) is 9.78 Å². The summed E-state index contributed by atoms with van der Waals surface area (Å²) in [6, 6.07) is 8.04. The Bertz CT molecular complexity index is 752. The van der Waals surface area contributed by atoms with Gasteiger partial charge >= 0.3 is 0 Å². The number of benzene rings is 1. The number of nitrogens with one attached hydrogen (secondary N) is 1. The van der Waals surface area contributed by atoms with Gasteiger partial charge in [0.1, 0.15) is 11.6 Å². The molecule has 2 aliphatic rings. The third-order valence-corrected chi connectivity index (χ3v) is 5.17. The first-order valence-electron chi connectivity index (χ1n) is 9.34. The van der Waals surface area contributed by atoms with Gasteiger partial charge in [0.2, 0.25) is 5.91 Å². The molecule has 2 atom stereocenters. The molecule has 6 heteroatoms. The van der Waals surface area contributed by atoms with Gasteiger partial charge in [-0.1, -0.05) is 18.2 Å². The van der Waals surface area contributed by atoms with Crippen molar-refractivity contribution in [3.8, 4) is 5.75 Å². The van der Waals surface area contributed by atoms with Crippen molar-refractivity contribution in [3.05, 3.63) is 48.4 Å². The Morgan fingerprint density at radius 3 is 3.00 bits per heavy atom. The number of fused-ring (bicyclic) bond motifs is 1. The smallest absolute Gasteiger partial charge is 0.225 e. The Balaban J connectivity index is 1.45. The SMILES string of the molecule is O=C(N[C@@H]1CCCOc2ccccc21)[C@@H]1CCCN(c2cnccn2)C1. The molecule has 2 aromatic rings. The fraction of sp³-hybridized carbons (Fsp3) is 0.450. The molecule has 1 aromatic heterocycles. The van der Waals surface area contributed by atoms with Gasteiger partial charge in [-0.2, -0.15) is 0 Å². The van der Waals surface area contributed by atoms with E-state index >= 15 is 0 Å². The number of para-hydroxylation sites is 1. The maximum atomic E-state index is 13.0. The number of hydrogen-bond donors (Lipinski definition) is 1. The number of hydrogen-bond acceptors (Lipinski definition) is 5. The van der Waals surface area contributed by atoms with E-state index in [1.54, 1.807) is 18.6 Å². The molecule has 1 amide bonds. The van der Waals surface area contributed by atoms with Crippen molar-refractivity contribution < 1.29 is 9.53 Å². The minimum absolute atomic E-state index is 0.0214. The van der Waals surface area contributed by atoms with E-state index < -0.39 is 0 Å². The molecule has 0 spiro atoms. The molecule has 0 bridgehead atoms. The Morgan fingerprint density at radius 1 is 1.19 bits per heavy atom. The summed E-state index contributed by atoms with van der Waals surface area (Å²) in [7, 11) is 0. The van der Waals surface area contributed by atoms with E-state index in [2.05, 4.69) is 26.3 Å². The number of ether oxygens (including phenoxy) is 1. The molecule has 1 saturated heterocycles. The largest absolute Gasteiger partial charge is 0.493 e. The Labute approximate surface area is 153 Å². The van der Waals surface area contributed by atoms with Gasteiger partial charge in [0.05, 0.1) is 24.8 Å². The van der Waals surface area contributed by atoms with Crippen LogP contribution in [0.1, 0.15) is 37.3 Å². The van der Waals surface area contributed by atoms with Crippen LogP contribution in [-0.4, -0.2) is 35.6 Å². The van der Waals surface area contributed by atoms with E-state index in [-0.39, 0.29) is 17.9 Å². The molecular weight excluding hydrogens is 328 g/mol. The lowest BCUT2D eigenvalue weighted by atomic mass is 9.95. The molecule has 0 aliphatic carbocycles. The number of carbonyl (C=O) groups is 1. The average molecular weight is 352 g/mol. The Hall–Kier alpha value is -2.63. The van der Waals surface area contributed by atoms with Crippen LogP contribution in [0, 0.1) is 5.92 Å². The fourth-order valence-corrected chi connectivity index (χ4v) is 3.82. The number of rotatable bonds is 3. The van der Waals surface area contributed by atoms with Crippen LogP contribution in [0.5, 0.6) is 5.75 Å². The lowest BCUT2D eigenvalue weighted by Gasteiger charge is -2.33. The van der Waals surface area contributed by atoms with Crippen molar-refractivity contribution >= 4 is 11.7 Å². The minimum atomic E-state index is -0.0258. The summed E-state index contributed by atoms with van der Waals surface area (Å²) < 4.78 is 5.81. The van der Waals surface area contributed by atoms with Gasteiger partial charge in [-0.25, -0.2) is 4.98 Å². The fourth-order valence-electron chi connectivity index (χ4n) is 3.82. The topological polar surface area (TPSA) is 67.3 Å². The molecular formula is C20H24N4O2. The van der Waals surface area contributed by atoms with E-state index in [1.807, 2.05) is 18.2 Å².